The molecule has 242 valence electrons. The van der Waals surface area contributed by atoms with Crippen molar-refractivity contribution in [3.05, 3.63) is 119 Å². The second-order valence-corrected chi connectivity index (χ2v) is 10.8. The lowest BCUT2D eigenvalue weighted by Gasteiger charge is -2.37. The SMILES string of the molecule is COc1ccc(C(O)(c2ccc(OC)cc2)C(C)NC(=O)C(=O)NC(C)C(O)(c2ccc(OC)cc2)c2ccc(OC)cc2)cc1. The van der Waals surface area contributed by atoms with Crippen molar-refractivity contribution in [2.75, 3.05) is 28.4 Å². The first kappa shape index (κ1) is 33.8. The smallest absolute Gasteiger partial charge is 0.309 e. The van der Waals surface area contributed by atoms with E-state index < -0.39 is 35.1 Å². The largest absolute Gasteiger partial charge is 0.497 e. The Morgan fingerprint density at radius 2 is 0.674 bits per heavy atom. The average molecular weight is 629 g/mol. The maximum atomic E-state index is 13.4. The molecule has 0 bridgehead atoms. The van der Waals surface area contributed by atoms with Crippen molar-refractivity contribution < 1.29 is 38.7 Å². The minimum atomic E-state index is -1.74. The molecule has 0 aliphatic heterocycles. The first-order chi connectivity index (χ1) is 22.0. The summed E-state index contributed by atoms with van der Waals surface area (Å²) < 4.78 is 21.1. The summed E-state index contributed by atoms with van der Waals surface area (Å²) in [5.41, 5.74) is -1.62. The highest BCUT2D eigenvalue weighted by atomic mass is 16.5. The van der Waals surface area contributed by atoms with E-state index in [1.54, 1.807) is 111 Å². The Balaban J connectivity index is 1.61. The molecular weight excluding hydrogens is 588 g/mol. The van der Waals surface area contributed by atoms with Crippen LogP contribution in [0.1, 0.15) is 36.1 Å². The molecule has 2 atom stereocenters. The van der Waals surface area contributed by atoms with Crippen molar-refractivity contribution >= 4 is 11.8 Å². The van der Waals surface area contributed by atoms with E-state index in [2.05, 4.69) is 10.6 Å². The summed E-state index contributed by atoms with van der Waals surface area (Å²) in [7, 11) is 6.16. The van der Waals surface area contributed by atoms with Crippen LogP contribution < -0.4 is 29.6 Å². The van der Waals surface area contributed by atoms with Crippen molar-refractivity contribution in [3.63, 3.8) is 0 Å². The summed E-state index contributed by atoms with van der Waals surface area (Å²) in [6.07, 6.45) is 0. The van der Waals surface area contributed by atoms with Crippen LogP contribution in [0.5, 0.6) is 23.0 Å². The lowest BCUT2D eigenvalue weighted by Crippen LogP contribution is -2.56. The zero-order valence-corrected chi connectivity index (χ0v) is 26.7. The molecule has 0 heterocycles. The maximum absolute atomic E-state index is 13.4. The summed E-state index contributed by atoms with van der Waals surface area (Å²) in [5, 5.41) is 29.7. The second kappa shape index (κ2) is 14.4. The number of rotatable bonds is 12. The van der Waals surface area contributed by atoms with Gasteiger partial charge in [0.25, 0.3) is 0 Å². The average Bonchev–Trinajstić information content (AvgIpc) is 3.10. The quantitative estimate of drug-likeness (QED) is 0.174. The standard InChI is InChI=1S/C36H40N2O8/c1-23(35(41,25-7-15-29(43-3)16-8-25)26-9-17-30(44-4)18-10-26)37-33(39)34(40)38-24(2)36(42,27-11-19-31(45-5)20-12-27)28-13-21-32(46-6)22-14-28/h7-24,41-42H,1-6H3,(H,37,39)(H,38,40). The molecule has 0 aromatic heterocycles. The van der Waals surface area contributed by atoms with Crippen molar-refractivity contribution in [1.29, 1.82) is 0 Å². The molecule has 0 spiro atoms. The van der Waals surface area contributed by atoms with Gasteiger partial charge in [-0.2, -0.15) is 0 Å². The van der Waals surface area contributed by atoms with E-state index >= 15 is 0 Å². The fourth-order valence-corrected chi connectivity index (χ4v) is 5.45. The number of hydrogen-bond acceptors (Lipinski definition) is 8. The third-order valence-corrected chi connectivity index (χ3v) is 8.28. The zero-order valence-electron chi connectivity index (χ0n) is 26.7. The van der Waals surface area contributed by atoms with Crippen LogP contribution in [0, 0.1) is 0 Å². The Hall–Kier alpha value is -5.06. The number of carbonyl (C=O) groups is 2. The molecule has 4 N–H and O–H groups in total. The van der Waals surface area contributed by atoms with Gasteiger partial charge < -0.3 is 39.8 Å². The van der Waals surface area contributed by atoms with Crippen molar-refractivity contribution in [1.82, 2.24) is 10.6 Å². The number of nitrogens with one attached hydrogen (secondary N) is 2. The molecule has 10 nitrogen and oxygen atoms in total. The van der Waals surface area contributed by atoms with Gasteiger partial charge in [0.2, 0.25) is 0 Å². The number of amides is 2. The lowest BCUT2D eigenvalue weighted by atomic mass is 9.80. The van der Waals surface area contributed by atoms with Crippen molar-refractivity contribution in [2.45, 2.75) is 37.1 Å². The fourth-order valence-electron chi connectivity index (χ4n) is 5.45. The molecule has 4 rings (SSSR count). The van der Waals surface area contributed by atoms with Crippen LogP contribution in [0.25, 0.3) is 0 Å². The molecular formula is C36H40N2O8. The van der Waals surface area contributed by atoms with Gasteiger partial charge in [0, 0.05) is 0 Å². The van der Waals surface area contributed by atoms with Gasteiger partial charge in [-0.25, -0.2) is 0 Å². The third-order valence-electron chi connectivity index (χ3n) is 8.28. The number of benzene rings is 4. The van der Waals surface area contributed by atoms with Gasteiger partial charge in [-0.15, -0.1) is 0 Å². The maximum Gasteiger partial charge on any atom is 0.309 e. The molecule has 0 saturated heterocycles. The fraction of sp³-hybridized carbons (Fsp3) is 0.278. The highest BCUT2D eigenvalue weighted by molar-refractivity contribution is 6.35. The first-order valence-electron chi connectivity index (χ1n) is 14.6. The van der Waals surface area contributed by atoms with E-state index in [-0.39, 0.29) is 0 Å². The van der Waals surface area contributed by atoms with E-state index in [4.69, 9.17) is 18.9 Å². The number of methoxy groups -OCH3 is 4. The van der Waals surface area contributed by atoms with Crippen LogP contribution >= 0.6 is 0 Å². The number of ether oxygens (including phenoxy) is 4. The summed E-state index contributed by atoms with van der Waals surface area (Å²) >= 11 is 0. The topological polar surface area (TPSA) is 136 Å². The molecule has 46 heavy (non-hydrogen) atoms. The molecule has 4 aromatic carbocycles. The van der Waals surface area contributed by atoms with Crippen LogP contribution in [-0.2, 0) is 20.8 Å². The van der Waals surface area contributed by atoms with E-state index in [1.165, 1.54) is 28.4 Å². The van der Waals surface area contributed by atoms with Gasteiger partial charge in [0.1, 0.15) is 34.2 Å². The first-order valence-corrected chi connectivity index (χ1v) is 14.6. The van der Waals surface area contributed by atoms with Crippen LogP contribution in [0.15, 0.2) is 97.1 Å². The molecule has 4 aromatic rings. The monoisotopic (exact) mass is 628 g/mol. The molecule has 0 aliphatic rings. The van der Waals surface area contributed by atoms with Crippen LogP contribution in [0.2, 0.25) is 0 Å². The Morgan fingerprint density at radius 1 is 0.478 bits per heavy atom. The third kappa shape index (κ3) is 6.78. The summed E-state index contributed by atoms with van der Waals surface area (Å²) in [4.78, 5) is 26.8. The minimum Gasteiger partial charge on any atom is -0.497 e. The lowest BCUT2D eigenvalue weighted by molar-refractivity contribution is -0.141. The van der Waals surface area contributed by atoms with Crippen LogP contribution in [0.3, 0.4) is 0 Å². The highest BCUT2D eigenvalue weighted by Crippen LogP contribution is 2.36. The Labute approximate surface area is 268 Å². The molecule has 2 amide bonds. The van der Waals surface area contributed by atoms with Crippen molar-refractivity contribution in [3.8, 4) is 23.0 Å². The van der Waals surface area contributed by atoms with Gasteiger partial charge in [-0.1, -0.05) is 48.5 Å². The van der Waals surface area contributed by atoms with Gasteiger partial charge in [-0.3, -0.25) is 9.59 Å². The van der Waals surface area contributed by atoms with Gasteiger partial charge in [0.05, 0.1) is 40.5 Å². The number of hydrogen-bond donors (Lipinski definition) is 4. The zero-order chi connectivity index (χ0) is 33.5. The Bertz CT molecular complexity index is 1390. The predicted molar refractivity (Wildman–Crippen MR) is 173 cm³/mol. The molecule has 10 heteroatoms. The van der Waals surface area contributed by atoms with Gasteiger partial charge in [-0.05, 0) is 84.6 Å². The predicted octanol–water partition coefficient (Wildman–Crippen LogP) is 3.90. The number of carbonyl (C=O) groups excluding carboxylic acids is 2. The molecule has 0 radical (unpaired) electrons. The minimum absolute atomic E-state index is 0.466. The Kier molecular flexibility index (Phi) is 10.6. The second-order valence-electron chi connectivity index (χ2n) is 10.8. The summed E-state index contributed by atoms with van der Waals surface area (Å²) in [6, 6.07) is 25.2. The summed E-state index contributed by atoms with van der Waals surface area (Å²) in [5.74, 6) is 0.372. The Morgan fingerprint density at radius 3 is 0.848 bits per heavy atom. The summed E-state index contributed by atoms with van der Waals surface area (Å²) in [6.45, 7) is 3.21. The van der Waals surface area contributed by atoms with E-state index in [9.17, 15) is 19.8 Å². The van der Waals surface area contributed by atoms with E-state index in [0.717, 1.165) is 0 Å². The van der Waals surface area contributed by atoms with Crippen LogP contribution in [0.4, 0.5) is 0 Å². The van der Waals surface area contributed by atoms with Gasteiger partial charge in [0.15, 0.2) is 0 Å². The molecule has 0 aliphatic carbocycles. The highest BCUT2D eigenvalue weighted by Gasteiger charge is 2.42. The van der Waals surface area contributed by atoms with E-state index in [1.807, 2.05) is 0 Å². The molecule has 0 saturated carbocycles. The van der Waals surface area contributed by atoms with Gasteiger partial charge >= 0.3 is 11.8 Å². The van der Waals surface area contributed by atoms with Crippen molar-refractivity contribution in [2.24, 2.45) is 0 Å². The molecule has 0 fully saturated rings. The van der Waals surface area contributed by atoms with E-state index in [0.29, 0.717) is 45.3 Å². The van der Waals surface area contributed by atoms with Crippen LogP contribution in [-0.4, -0.2) is 62.6 Å². The number of aliphatic hydroxyl groups is 2. The normalized spacial score (nSPS) is 12.8. The molecule has 2 unspecified atom stereocenters.